The zero-order valence-electron chi connectivity index (χ0n) is 15.4. The molecule has 1 fully saturated rings. The number of hydrogen-bond acceptors (Lipinski definition) is 8. The van der Waals surface area contributed by atoms with Crippen LogP contribution in [0.15, 0.2) is 6.08 Å². The van der Waals surface area contributed by atoms with Gasteiger partial charge >= 0.3 is 11.9 Å². The molecule has 0 bridgehead atoms. The molecular weight excluding hydrogens is 370 g/mol. The number of carbonyl (C=O) groups is 2. The van der Waals surface area contributed by atoms with E-state index >= 15 is 0 Å². The molecule has 9 heteroatoms. The second kappa shape index (κ2) is 9.27. The fourth-order valence-corrected chi connectivity index (χ4v) is 4.21. The molecule has 1 atom stereocenters. The van der Waals surface area contributed by atoms with Gasteiger partial charge in [0.15, 0.2) is 6.23 Å². The van der Waals surface area contributed by atoms with Gasteiger partial charge in [-0.1, -0.05) is 31.8 Å². The highest BCUT2D eigenvalue weighted by Gasteiger charge is 2.33. The topological polar surface area (TPSA) is 102 Å². The second-order valence-corrected chi connectivity index (χ2v) is 7.58. The molecule has 2 aliphatic rings. The van der Waals surface area contributed by atoms with Crippen LogP contribution in [0.4, 0.5) is 0 Å². The van der Waals surface area contributed by atoms with Crippen LogP contribution in [0.25, 0.3) is 5.57 Å². The molecule has 0 saturated heterocycles. The summed E-state index contributed by atoms with van der Waals surface area (Å²) in [7, 11) is 1.77. The first kappa shape index (κ1) is 19.8. The largest absolute Gasteiger partial charge is 0.475 e. The number of rotatable bonds is 7. The Morgan fingerprint density at radius 2 is 2.11 bits per heavy atom. The first-order valence-electron chi connectivity index (χ1n) is 9.36. The van der Waals surface area contributed by atoms with Gasteiger partial charge in [-0.2, -0.15) is 4.37 Å². The third-order valence-corrected chi connectivity index (χ3v) is 5.62. The van der Waals surface area contributed by atoms with Crippen LogP contribution in [0.2, 0.25) is 0 Å². The Labute approximate surface area is 162 Å². The minimum atomic E-state index is -1.62. The summed E-state index contributed by atoms with van der Waals surface area (Å²) in [4.78, 5) is 24.2. The molecule has 8 nitrogen and oxygen atoms in total. The summed E-state index contributed by atoms with van der Waals surface area (Å²) in [6.45, 7) is 1.22. The van der Waals surface area contributed by atoms with Crippen molar-refractivity contribution in [1.29, 1.82) is 0 Å². The van der Waals surface area contributed by atoms with E-state index in [2.05, 4.69) is 8.75 Å². The third-order valence-electron chi connectivity index (χ3n) is 5.11. The molecule has 148 valence electrons. The van der Waals surface area contributed by atoms with E-state index in [1.807, 2.05) is 6.08 Å². The first-order valence-corrected chi connectivity index (χ1v) is 10.1. The summed E-state index contributed by atoms with van der Waals surface area (Å²) in [5.74, 6) is -1.67. The van der Waals surface area contributed by atoms with Crippen LogP contribution in [-0.4, -0.2) is 57.1 Å². The number of hydrogen-bond donors (Lipinski definition) is 1. The zero-order chi connectivity index (χ0) is 19.2. The van der Waals surface area contributed by atoms with E-state index in [-0.39, 0.29) is 0 Å². The van der Waals surface area contributed by atoms with Crippen LogP contribution < -0.4 is 4.74 Å². The molecule has 1 aliphatic heterocycles. The molecule has 1 aliphatic carbocycles. The number of nitrogens with zero attached hydrogens (tertiary/aromatic N) is 3. The van der Waals surface area contributed by atoms with Crippen LogP contribution in [0.3, 0.4) is 0 Å². The third kappa shape index (κ3) is 5.04. The molecule has 0 amide bonds. The molecule has 0 radical (unpaired) electrons. The van der Waals surface area contributed by atoms with Crippen LogP contribution in [0.5, 0.6) is 5.88 Å². The normalized spacial score (nSPS) is 21.1. The number of likely N-dealkylation sites (N-methyl/N-ethyl adjacent to an activating group) is 1. The Balaban J connectivity index is 1.63. The quantitative estimate of drug-likeness (QED) is 0.427. The van der Waals surface area contributed by atoms with E-state index in [0.29, 0.717) is 30.3 Å². The second-order valence-electron chi connectivity index (χ2n) is 7.05. The van der Waals surface area contributed by atoms with Gasteiger partial charge in [-0.3, -0.25) is 4.90 Å². The number of aliphatic carboxylic acids is 1. The fourth-order valence-electron chi connectivity index (χ4n) is 3.69. The van der Waals surface area contributed by atoms with Gasteiger partial charge in [0.2, 0.25) is 0 Å². The zero-order valence-corrected chi connectivity index (χ0v) is 16.2. The van der Waals surface area contributed by atoms with Gasteiger partial charge in [0.05, 0.1) is 18.3 Å². The van der Waals surface area contributed by atoms with Crippen molar-refractivity contribution < 1.29 is 24.2 Å². The Morgan fingerprint density at radius 3 is 2.85 bits per heavy atom. The number of esters is 1. The van der Waals surface area contributed by atoms with E-state index < -0.39 is 18.2 Å². The van der Waals surface area contributed by atoms with Crippen LogP contribution >= 0.6 is 11.7 Å². The smallest absolute Gasteiger partial charge is 0.419 e. The van der Waals surface area contributed by atoms with Crippen molar-refractivity contribution in [2.75, 3.05) is 20.2 Å². The Hall–Kier alpha value is -2.00. The van der Waals surface area contributed by atoms with E-state index in [1.165, 1.54) is 25.7 Å². The summed E-state index contributed by atoms with van der Waals surface area (Å²) in [5, 5.41) is 8.84. The maximum absolute atomic E-state index is 11.6. The minimum absolute atomic E-state index is 0.421. The average Bonchev–Trinajstić information content (AvgIpc) is 3.32. The predicted molar refractivity (Wildman–Crippen MR) is 99.3 cm³/mol. The Bertz CT molecular complexity index is 699. The molecule has 1 saturated carbocycles. The van der Waals surface area contributed by atoms with E-state index in [1.54, 1.807) is 11.9 Å². The monoisotopic (exact) mass is 395 g/mol. The Morgan fingerprint density at radius 1 is 1.33 bits per heavy atom. The summed E-state index contributed by atoms with van der Waals surface area (Å²) >= 11 is 1.03. The van der Waals surface area contributed by atoms with Crippen molar-refractivity contribution in [3.63, 3.8) is 0 Å². The van der Waals surface area contributed by atoms with Crippen LogP contribution in [-0.2, 0) is 14.3 Å². The van der Waals surface area contributed by atoms with Crippen molar-refractivity contribution in [1.82, 2.24) is 13.6 Å². The highest BCUT2D eigenvalue weighted by Crippen LogP contribution is 2.33. The molecule has 2 heterocycles. The van der Waals surface area contributed by atoms with Crippen LogP contribution in [0.1, 0.15) is 50.6 Å². The lowest BCUT2D eigenvalue weighted by atomic mass is 10.0. The summed E-state index contributed by atoms with van der Waals surface area (Å²) in [6.07, 6.45) is 9.28. The molecule has 1 unspecified atom stereocenters. The summed E-state index contributed by atoms with van der Waals surface area (Å²) in [6, 6.07) is 0. The molecule has 1 N–H and O–H groups in total. The standard InChI is InChI=1S/C18H25N3O5S/c1-21-10-4-9-13(16(21)26-18(24)17(22)23)14-15(20-27-19-14)25-11-5-8-12-6-2-3-7-12/h9,12,16H,2-8,10-11H2,1H3,(H,22,23). The highest BCUT2D eigenvalue weighted by molar-refractivity contribution is 6.99. The summed E-state index contributed by atoms with van der Waals surface area (Å²) in [5.41, 5.74) is 1.15. The minimum Gasteiger partial charge on any atom is -0.475 e. The Kier molecular flexibility index (Phi) is 6.78. The first-order chi connectivity index (χ1) is 13.1. The van der Waals surface area contributed by atoms with Crippen molar-refractivity contribution in [3.8, 4) is 5.88 Å². The number of ether oxygens (including phenoxy) is 2. The SMILES string of the molecule is CN1CCC=C(c2nsnc2OCCCC2CCCC2)C1OC(=O)C(=O)O. The number of carboxylic acids is 1. The van der Waals surface area contributed by atoms with Gasteiger partial charge in [-0.05, 0) is 32.2 Å². The van der Waals surface area contributed by atoms with E-state index in [4.69, 9.17) is 14.6 Å². The highest BCUT2D eigenvalue weighted by atomic mass is 32.1. The number of aromatic nitrogens is 2. The van der Waals surface area contributed by atoms with Crippen molar-refractivity contribution in [2.45, 2.75) is 51.2 Å². The fraction of sp³-hybridized carbons (Fsp3) is 0.667. The van der Waals surface area contributed by atoms with Gasteiger partial charge < -0.3 is 14.6 Å². The van der Waals surface area contributed by atoms with Crippen molar-refractivity contribution in [2.24, 2.45) is 5.92 Å². The van der Waals surface area contributed by atoms with Gasteiger partial charge in [0.25, 0.3) is 5.88 Å². The van der Waals surface area contributed by atoms with Gasteiger partial charge in [-0.25, -0.2) is 9.59 Å². The van der Waals surface area contributed by atoms with E-state index in [0.717, 1.165) is 36.9 Å². The average molecular weight is 395 g/mol. The number of carbonyl (C=O) groups excluding carboxylic acids is 1. The molecule has 0 aromatic carbocycles. The predicted octanol–water partition coefficient (Wildman–Crippen LogP) is 2.56. The van der Waals surface area contributed by atoms with Crippen molar-refractivity contribution in [3.05, 3.63) is 11.8 Å². The molecule has 3 rings (SSSR count). The van der Waals surface area contributed by atoms with Gasteiger partial charge in [0.1, 0.15) is 5.69 Å². The van der Waals surface area contributed by atoms with Gasteiger partial charge in [-0.15, -0.1) is 4.37 Å². The van der Waals surface area contributed by atoms with Gasteiger partial charge in [0, 0.05) is 12.1 Å². The molecular formula is C18H25N3O5S. The number of carboxylic acid groups (broad SMARTS) is 1. The molecule has 1 aromatic rings. The molecule has 27 heavy (non-hydrogen) atoms. The van der Waals surface area contributed by atoms with Crippen molar-refractivity contribution >= 4 is 29.2 Å². The van der Waals surface area contributed by atoms with E-state index in [9.17, 15) is 9.59 Å². The summed E-state index contributed by atoms with van der Waals surface area (Å²) < 4.78 is 19.5. The maximum atomic E-state index is 11.6. The molecule has 1 aromatic heterocycles. The lowest BCUT2D eigenvalue weighted by molar-refractivity contribution is -0.170. The maximum Gasteiger partial charge on any atom is 0.419 e. The lowest BCUT2D eigenvalue weighted by Gasteiger charge is -2.31. The molecule has 0 spiro atoms. The van der Waals surface area contributed by atoms with Crippen LogP contribution in [0, 0.1) is 5.92 Å². The lowest BCUT2D eigenvalue weighted by Crippen LogP contribution is -2.41.